The number of carbonyl (C=O) groups is 3. The van der Waals surface area contributed by atoms with Gasteiger partial charge in [-0.25, -0.2) is 14.4 Å². The second-order valence-corrected chi connectivity index (χ2v) is 6.69. The topological polar surface area (TPSA) is 128 Å². The predicted molar refractivity (Wildman–Crippen MR) is 96.3 cm³/mol. The van der Waals surface area contributed by atoms with Crippen molar-refractivity contribution in [2.24, 2.45) is 0 Å². The third-order valence-corrected chi connectivity index (χ3v) is 4.88. The highest BCUT2D eigenvalue weighted by Gasteiger charge is 2.52. The van der Waals surface area contributed by atoms with E-state index in [1.807, 2.05) is 12.1 Å². The lowest BCUT2D eigenvalue weighted by molar-refractivity contribution is -0.134. The Bertz CT molecular complexity index is 776. The standard InChI is InChI=1S/C14H18N2O3.C4H4O4/c1-14-6-7-15(2)12(14)16(3)11-5-4-9(8-10(11)14)19-13(17)18;5-3(6)1-2-4(7)8/h4-5,8,12H,6-7H2,1-3H3,(H,17,18);1-2H,(H,5,6)(H,7,8)/b;2-1+/t12-,14-;/m0./s1. The summed E-state index contributed by atoms with van der Waals surface area (Å²) < 4.78 is 4.78. The predicted octanol–water partition coefficient (Wildman–Crippen LogP) is 1.82. The van der Waals surface area contributed by atoms with E-state index < -0.39 is 18.1 Å². The molecule has 9 heteroatoms. The molecular weight excluding hydrogens is 356 g/mol. The van der Waals surface area contributed by atoms with E-state index in [9.17, 15) is 14.4 Å². The largest absolute Gasteiger partial charge is 0.511 e. The van der Waals surface area contributed by atoms with Crippen LogP contribution in [0.25, 0.3) is 0 Å². The first-order valence-corrected chi connectivity index (χ1v) is 8.18. The molecule has 3 N–H and O–H groups in total. The van der Waals surface area contributed by atoms with Crippen molar-refractivity contribution in [2.75, 3.05) is 25.5 Å². The van der Waals surface area contributed by atoms with E-state index in [4.69, 9.17) is 20.1 Å². The molecule has 0 unspecified atom stereocenters. The van der Waals surface area contributed by atoms with E-state index in [1.165, 1.54) is 5.56 Å². The van der Waals surface area contributed by atoms with Crippen molar-refractivity contribution in [1.82, 2.24) is 4.90 Å². The fourth-order valence-corrected chi connectivity index (χ4v) is 3.86. The molecule has 0 aliphatic carbocycles. The number of benzene rings is 1. The Morgan fingerprint density at radius 1 is 1.15 bits per heavy atom. The van der Waals surface area contributed by atoms with Gasteiger partial charge in [-0.1, -0.05) is 6.92 Å². The van der Waals surface area contributed by atoms with Crippen LogP contribution in [0.2, 0.25) is 0 Å². The summed E-state index contributed by atoms with van der Waals surface area (Å²) in [4.78, 5) is 34.4. The number of likely N-dealkylation sites (tertiary alicyclic amines) is 1. The fourth-order valence-electron chi connectivity index (χ4n) is 3.86. The molecule has 2 atom stereocenters. The van der Waals surface area contributed by atoms with Crippen molar-refractivity contribution < 1.29 is 34.4 Å². The lowest BCUT2D eigenvalue weighted by Gasteiger charge is -2.32. The van der Waals surface area contributed by atoms with E-state index in [2.05, 4.69) is 30.8 Å². The summed E-state index contributed by atoms with van der Waals surface area (Å²) in [7, 11) is 4.22. The second kappa shape index (κ2) is 7.67. The first-order chi connectivity index (χ1) is 12.6. The van der Waals surface area contributed by atoms with Crippen molar-refractivity contribution in [3.05, 3.63) is 35.9 Å². The van der Waals surface area contributed by atoms with E-state index >= 15 is 0 Å². The van der Waals surface area contributed by atoms with Crippen molar-refractivity contribution in [1.29, 1.82) is 0 Å². The van der Waals surface area contributed by atoms with Crippen LogP contribution in [0, 0.1) is 0 Å². The lowest BCUT2D eigenvalue weighted by Crippen LogP contribution is -2.45. The van der Waals surface area contributed by atoms with Gasteiger partial charge >= 0.3 is 18.1 Å². The summed E-state index contributed by atoms with van der Waals surface area (Å²) in [6, 6.07) is 5.54. The monoisotopic (exact) mass is 378 g/mol. The maximum Gasteiger partial charge on any atom is 0.511 e. The van der Waals surface area contributed by atoms with Crippen LogP contribution < -0.4 is 9.64 Å². The van der Waals surface area contributed by atoms with Crippen molar-refractivity contribution >= 4 is 23.8 Å². The molecule has 0 radical (unpaired) electrons. The lowest BCUT2D eigenvalue weighted by atomic mass is 9.81. The van der Waals surface area contributed by atoms with Crippen LogP contribution in [0.1, 0.15) is 18.9 Å². The van der Waals surface area contributed by atoms with E-state index in [0.29, 0.717) is 24.1 Å². The molecule has 1 fully saturated rings. The van der Waals surface area contributed by atoms with Crippen molar-refractivity contribution in [3.8, 4) is 5.75 Å². The SMILES string of the molecule is CN1CC[C@@]2(C)c3cc(OC(=O)O)ccc3N(C)[C@H]12.O=C(O)/C=C/C(=O)O. The summed E-state index contributed by atoms with van der Waals surface area (Å²) in [6.45, 7) is 3.29. The van der Waals surface area contributed by atoms with Crippen molar-refractivity contribution in [3.63, 3.8) is 0 Å². The molecule has 0 aromatic heterocycles. The van der Waals surface area contributed by atoms with Crippen LogP contribution in [0.15, 0.2) is 30.4 Å². The van der Waals surface area contributed by atoms with E-state index in [-0.39, 0.29) is 5.41 Å². The second-order valence-electron chi connectivity index (χ2n) is 6.69. The number of anilines is 1. The molecule has 2 aliphatic rings. The molecule has 0 amide bonds. The summed E-state index contributed by atoms with van der Waals surface area (Å²) in [5.41, 5.74) is 2.39. The minimum Gasteiger partial charge on any atom is -0.478 e. The molecule has 146 valence electrons. The van der Waals surface area contributed by atoms with Gasteiger partial charge in [0.2, 0.25) is 0 Å². The van der Waals surface area contributed by atoms with Gasteiger partial charge in [0.25, 0.3) is 0 Å². The molecule has 27 heavy (non-hydrogen) atoms. The number of hydrogen-bond donors (Lipinski definition) is 3. The number of likely N-dealkylation sites (N-methyl/N-ethyl adjacent to an activating group) is 2. The van der Waals surface area contributed by atoms with Gasteiger partial charge in [0, 0.05) is 36.8 Å². The molecule has 3 rings (SSSR count). The normalized spacial score (nSPS) is 23.4. The molecule has 0 saturated carbocycles. The number of aliphatic carboxylic acids is 2. The summed E-state index contributed by atoms with van der Waals surface area (Å²) in [5, 5.41) is 24.3. The van der Waals surface area contributed by atoms with Crippen molar-refractivity contribution in [2.45, 2.75) is 24.9 Å². The van der Waals surface area contributed by atoms with Crippen LogP contribution in [0.5, 0.6) is 5.75 Å². The zero-order valence-corrected chi connectivity index (χ0v) is 15.2. The molecular formula is C18H22N2O7. The third-order valence-electron chi connectivity index (χ3n) is 4.88. The Balaban J connectivity index is 0.000000279. The van der Waals surface area contributed by atoms with Crippen LogP contribution in [0.4, 0.5) is 10.5 Å². The number of nitrogens with zero attached hydrogens (tertiary/aromatic N) is 2. The van der Waals surface area contributed by atoms with Gasteiger partial charge in [0.1, 0.15) is 5.75 Å². The smallest absolute Gasteiger partial charge is 0.478 e. The van der Waals surface area contributed by atoms with Crippen LogP contribution in [-0.4, -0.2) is 65.1 Å². The number of carboxylic acid groups (broad SMARTS) is 3. The zero-order chi connectivity index (χ0) is 20.4. The van der Waals surface area contributed by atoms with Gasteiger partial charge < -0.3 is 25.0 Å². The van der Waals surface area contributed by atoms with E-state index in [0.717, 1.165) is 18.7 Å². The van der Waals surface area contributed by atoms with E-state index in [1.54, 1.807) is 6.07 Å². The molecule has 1 saturated heterocycles. The number of ether oxygens (including phenoxy) is 1. The molecule has 2 heterocycles. The van der Waals surface area contributed by atoms with Crippen LogP contribution in [0.3, 0.4) is 0 Å². The third kappa shape index (κ3) is 4.20. The maximum absolute atomic E-state index is 10.7. The maximum atomic E-state index is 10.7. The van der Waals surface area contributed by atoms with Gasteiger partial charge in [-0.05, 0) is 37.2 Å². The van der Waals surface area contributed by atoms with Crippen LogP contribution in [-0.2, 0) is 15.0 Å². The minimum absolute atomic E-state index is 0.0384. The Labute approximate surface area is 156 Å². The molecule has 0 bridgehead atoms. The molecule has 2 aliphatic heterocycles. The number of fused-ring (bicyclic) bond motifs is 3. The van der Waals surface area contributed by atoms with Gasteiger partial charge in [0.05, 0.1) is 6.17 Å². The number of carboxylic acids is 2. The summed E-state index contributed by atoms with van der Waals surface area (Å²) in [5.74, 6) is -2.11. The van der Waals surface area contributed by atoms with Gasteiger partial charge in [-0.3, -0.25) is 4.90 Å². The van der Waals surface area contributed by atoms with Gasteiger partial charge in [-0.15, -0.1) is 0 Å². The highest BCUT2D eigenvalue weighted by Crippen LogP contribution is 2.51. The average Bonchev–Trinajstić information content (AvgIpc) is 2.99. The Morgan fingerprint density at radius 2 is 1.74 bits per heavy atom. The van der Waals surface area contributed by atoms with Crippen LogP contribution >= 0.6 is 0 Å². The highest BCUT2D eigenvalue weighted by atomic mass is 16.7. The van der Waals surface area contributed by atoms with Gasteiger partial charge in [-0.2, -0.15) is 0 Å². The first-order valence-electron chi connectivity index (χ1n) is 8.18. The molecule has 1 aromatic carbocycles. The summed E-state index contributed by atoms with van der Waals surface area (Å²) in [6.07, 6.45) is 1.26. The molecule has 1 aromatic rings. The first kappa shape index (κ1) is 20.2. The van der Waals surface area contributed by atoms with Gasteiger partial charge in [0.15, 0.2) is 0 Å². The zero-order valence-electron chi connectivity index (χ0n) is 15.2. The minimum atomic E-state index is -1.27. The highest BCUT2D eigenvalue weighted by molar-refractivity contribution is 5.89. The Morgan fingerprint density at radius 3 is 2.26 bits per heavy atom. The number of hydrogen-bond acceptors (Lipinski definition) is 6. The Kier molecular flexibility index (Phi) is 5.75. The Hall–Kier alpha value is -3.07. The summed E-state index contributed by atoms with van der Waals surface area (Å²) >= 11 is 0. The quantitative estimate of drug-likeness (QED) is 0.410. The number of rotatable bonds is 3. The molecule has 9 nitrogen and oxygen atoms in total. The average molecular weight is 378 g/mol. The fraction of sp³-hybridized carbons (Fsp3) is 0.389. The molecule has 0 spiro atoms.